The number of carbonyl (C=O) groups is 2. The molecule has 0 bridgehead atoms. The molecule has 2 rings (SSSR count). The summed E-state index contributed by atoms with van der Waals surface area (Å²) in [5, 5.41) is 11.3. The van der Waals surface area contributed by atoms with Gasteiger partial charge in [-0.1, -0.05) is 18.1 Å². The van der Waals surface area contributed by atoms with Crippen molar-refractivity contribution in [2.24, 2.45) is 0 Å². The Morgan fingerprint density at radius 1 is 1.42 bits per heavy atom. The molecule has 0 saturated carbocycles. The van der Waals surface area contributed by atoms with Gasteiger partial charge in [-0.3, -0.25) is 9.59 Å². The van der Waals surface area contributed by atoms with E-state index in [-0.39, 0.29) is 11.8 Å². The molecule has 2 heterocycles. The predicted octanol–water partition coefficient (Wildman–Crippen LogP) is 2.15. The number of aromatic nitrogens is 2. The lowest BCUT2D eigenvalue weighted by atomic mass is 10.2. The van der Waals surface area contributed by atoms with Crippen LogP contribution in [0.3, 0.4) is 0 Å². The van der Waals surface area contributed by atoms with E-state index in [1.54, 1.807) is 18.3 Å². The predicted molar refractivity (Wildman–Crippen MR) is 91.5 cm³/mol. The third kappa shape index (κ3) is 5.45. The molecule has 0 spiro atoms. The van der Waals surface area contributed by atoms with E-state index in [2.05, 4.69) is 20.8 Å². The van der Waals surface area contributed by atoms with Gasteiger partial charge in [-0.15, -0.1) is 11.3 Å². The van der Waals surface area contributed by atoms with Gasteiger partial charge < -0.3 is 15.2 Å². The first-order valence-corrected chi connectivity index (χ1v) is 8.91. The summed E-state index contributed by atoms with van der Waals surface area (Å²) in [6.07, 6.45) is 2.29. The number of hydrogen-bond donors (Lipinski definition) is 2. The third-order valence-corrected chi connectivity index (χ3v) is 4.19. The Balaban J connectivity index is 1.70. The summed E-state index contributed by atoms with van der Waals surface area (Å²) in [7, 11) is 0. The highest BCUT2D eigenvalue weighted by Gasteiger charge is 2.15. The molecule has 0 radical (unpaired) electrons. The third-order valence-electron chi connectivity index (χ3n) is 3.32. The van der Waals surface area contributed by atoms with E-state index in [1.807, 2.05) is 24.4 Å². The van der Waals surface area contributed by atoms with Crippen LogP contribution in [0.15, 0.2) is 22.0 Å². The minimum Gasteiger partial charge on any atom is -0.354 e. The van der Waals surface area contributed by atoms with Crippen LogP contribution in [-0.4, -0.2) is 34.5 Å². The Hall–Kier alpha value is -2.22. The van der Waals surface area contributed by atoms with Gasteiger partial charge in [-0.25, -0.2) is 0 Å². The molecule has 0 aromatic carbocycles. The van der Waals surface area contributed by atoms with E-state index < -0.39 is 6.04 Å². The SMILES string of the molecule is CCCNC(=O)C(C)NC(=O)CCCc1nc(-c2cccs2)no1. The van der Waals surface area contributed by atoms with Gasteiger partial charge in [0.15, 0.2) is 0 Å². The number of nitrogens with zero attached hydrogens (tertiary/aromatic N) is 2. The quantitative estimate of drug-likeness (QED) is 0.722. The first kappa shape index (κ1) is 18.1. The van der Waals surface area contributed by atoms with Crippen LogP contribution in [-0.2, 0) is 16.0 Å². The summed E-state index contributed by atoms with van der Waals surface area (Å²) < 4.78 is 5.18. The molecule has 8 heteroatoms. The lowest BCUT2D eigenvalue weighted by Gasteiger charge is -2.13. The highest BCUT2D eigenvalue weighted by molar-refractivity contribution is 7.13. The Bertz CT molecular complexity index is 654. The fourth-order valence-electron chi connectivity index (χ4n) is 2.04. The summed E-state index contributed by atoms with van der Waals surface area (Å²) in [6, 6.07) is 3.33. The molecule has 0 aliphatic heterocycles. The van der Waals surface area contributed by atoms with E-state index >= 15 is 0 Å². The molecule has 2 N–H and O–H groups in total. The van der Waals surface area contributed by atoms with Gasteiger partial charge in [0, 0.05) is 19.4 Å². The van der Waals surface area contributed by atoms with E-state index in [1.165, 1.54) is 0 Å². The maximum atomic E-state index is 11.9. The van der Waals surface area contributed by atoms with Crippen molar-refractivity contribution in [1.29, 1.82) is 0 Å². The van der Waals surface area contributed by atoms with Crippen LogP contribution < -0.4 is 10.6 Å². The van der Waals surface area contributed by atoms with E-state index in [0.29, 0.717) is 37.5 Å². The average Bonchev–Trinajstić information content (AvgIpc) is 3.23. The van der Waals surface area contributed by atoms with Crippen molar-refractivity contribution >= 4 is 23.2 Å². The highest BCUT2D eigenvalue weighted by Crippen LogP contribution is 2.21. The van der Waals surface area contributed by atoms with Gasteiger partial charge in [0.05, 0.1) is 4.88 Å². The molecule has 2 aromatic rings. The van der Waals surface area contributed by atoms with Crippen molar-refractivity contribution < 1.29 is 14.1 Å². The number of thiophene rings is 1. The minimum absolute atomic E-state index is 0.160. The van der Waals surface area contributed by atoms with Crippen LogP contribution >= 0.6 is 11.3 Å². The molecular formula is C16H22N4O3S. The highest BCUT2D eigenvalue weighted by atomic mass is 32.1. The first-order valence-electron chi connectivity index (χ1n) is 8.03. The normalized spacial score (nSPS) is 11.9. The second kappa shape index (κ2) is 9.17. The molecule has 0 aliphatic carbocycles. The van der Waals surface area contributed by atoms with Gasteiger partial charge in [-0.2, -0.15) is 4.98 Å². The van der Waals surface area contributed by atoms with Crippen molar-refractivity contribution in [2.75, 3.05) is 6.54 Å². The fraction of sp³-hybridized carbons (Fsp3) is 0.500. The topological polar surface area (TPSA) is 97.1 Å². The van der Waals surface area contributed by atoms with Crippen molar-refractivity contribution in [3.8, 4) is 10.7 Å². The van der Waals surface area contributed by atoms with Crippen LogP contribution in [0.5, 0.6) is 0 Å². The largest absolute Gasteiger partial charge is 0.354 e. The van der Waals surface area contributed by atoms with E-state index in [9.17, 15) is 9.59 Å². The Morgan fingerprint density at radius 2 is 2.25 bits per heavy atom. The number of nitrogens with one attached hydrogen (secondary N) is 2. The summed E-state index contributed by atoms with van der Waals surface area (Å²) in [4.78, 5) is 28.8. The van der Waals surface area contributed by atoms with Gasteiger partial charge in [0.25, 0.3) is 0 Å². The molecule has 0 fully saturated rings. The van der Waals surface area contributed by atoms with Crippen molar-refractivity contribution in [3.63, 3.8) is 0 Å². The summed E-state index contributed by atoms with van der Waals surface area (Å²) in [5.41, 5.74) is 0. The zero-order valence-corrected chi connectivity index (χ0v) is 14.7. The van der Waals surface area contributed by atoms with E-state index in [4.69, 9.17) is 4.52 Å². The maximum Gasteiger partial charge on any atom is 0.242 e. The molecule has 1 atom stereocenters. The number of amides is 2. The van der Waals surface area contributed by atoms with Gasteiger partial charge in [0.1, 0.15) is 6.04 Å². The molecule has 0 saturated heterocycles. The lowest BCUT2D eigenvalue weighted by molar-refractivity contribution is -0.128. The van der Waals surface area contributed by atoms with Gasteiger partial charge in [-0.05, 0) is 31.2 Å². The minimum atomic E-state index is -0.530. The monoisotopic (exact) mass is 350 g/mol. The lowest BCUT2D eigenvalue weighted by Crippen LogP contribution is -2.44. The average molecular weight is 350 g/mol. The van der Waals surface area contributed by atoms with Crippen LogP contribution in [0.2, 0.25) is 0 Å². The van der Waals surface area contributed by atoms with E-state index in [0.717, 1.165) is 11.3 Å². The molecule has 130 valence electrons. The molecule has 2 amide bonds. The second-order valence-electron chi connectivity index (χ2n) is 5.42. The zero-order valence-electron chi connectivity index (χ0n) is 13.9. The smallest absolute Gasteiger partial charge is 0.242 e. The van der Waals surface area contributed by atoms with Crippen molar-refractivity contribution in [1.82, 2.24) is 20.8 Å². The number of hydrogen-bond acceptors (Lipinski definition) is 6. The molecular weight excluding hydrogens is 328 g/mol. The van der Waals surface area contributed by atoms with Crippen LogP contribution in [0.25, 0.3) is 10.7 Å². The molecule has 0 aliphatic rings. The summed E-state index contributed by atoms with van der Waals surface area (Å²) in [6.45, 7) is 4.27. The standard InChI is InChI=1S/C16H22N4O3S/c1-3-9-17-16(22)11(2)18-13(21)7-4-8-14-19-15(20-23-14)12-6-5-10-24-12/h5-6,10-11H,3-4,7-9H2,1-2H3,(H,17,22)(H,18,21). The molecule has 1 unspecified atom stereocenters. The number of rotatable bonds is 9. The van der Waals surface area contributed by atoms with Crippen molar-refractivity contribution in [3.05, 3.63) is 23.4 Å². The van der Waals surface area contributed by atoms with Crippen LogP contribution in [0, 0.1) is 0 Å². The number of carbonyl (C=O) groups excluding carboxylic acids is 2. The Morgan fingerprint density at radius 3 is 2.96 bits per heavy atom. The molecule has 2 aromatic heterocycles. The fourth-order valence-corrected chi connectivity index (χ4v) is 2.69. The Kier molecular flexibility index (Phi) is 6.92. The maximum absolute atomic E-state index is 11.9. The molecule has 24 heavy (non-hydrogen) atoms. The number of aryl methyl sites for hydroxylation is 1. The van der Waals surface area contributed by atoms with Crippen LogP contribution in [0.1, 0.15) is 39.0 Å². The van der Waals surface area contributed by atoms with Crippen molar-refractivity contribution in [2.45, 2.75) is 45.6 Å². The van der Waals surface area contributed by atoms with Crippen LogP contribution in [0.4, 0.5) is 0 Å². The second-order valence-corrected chi connectivity index (χ2v) is 6.37. The first-order chi connectivity index (χ1) is 11.6. The summed E-state index contributed by atoms with van der Waals surface area (Å²) >= 11 is 1.55. The molecule has 7 nitrogen and oxygen atoms in total. The van der Waals surface area contributed by atoms with Gasteiger partial charge in [0.2, 0.25) is 23.5 Å². The summed E-state index contributed by atoms with van der Waals surface area (Å²) in [5.74, 6) is 0.764. The Labute approximate surface area is 144 Å². The van der Waals surface area contributed by atoms with Gasteiger partial charge >= 0.3 is 0 Å². The zero-order chi connectivity index (χ0) is 17.4.